The standard InChI is InChI=1S/C19H21N5O/c1-13-6-7-18-22-14(12-24(18)11-13)10-21-19(20)23-16-8-9-25-17-5-3-2-4-15(16)17/h2-7,11-12,16H,8-10H2,1H3,(H3,20,21,23). The molecule has 0 aliphatic carbocycles. The average molecular weight is 335 g/mol. The number of hydrogen-bond donors (Lipinski definition) is 2. The number of fused-ring (bicyclic) bond motifs is 2. The molecule has 1 aliphatic rings. The molecule has 25 heavy (non-hydrogen) atoms. The predicted molar refractivity (Wildman–Crippen MR) is 97.7 cm³/mol. The van der Waals surface area contributed by atoms with Gasteiger partial charge in [-0.1, -0.05) is 24.3 Å². The van der Waals surface area contributed by atoms with Gasteiger partial charge in [0.2, 0.25) is 0 Å². The minimum Gasteiger partial charge on any atom is -0.493 e. The first kappa shape index (κ1) is 15.5. The van der Waals surface area contributed by atoms with Crippen LogP contribution in [0, 0.1) is 6.92 Å². The molecule has 4 rings (SSSR count). The molecule has 0 fully saturated rings. The van der Waals surface area contributed by atoms with Crippen molar-refractivity contribution in [2.45, 2.75) is 25.9 Å². The van der Waals surface area contributed by atoms with Crippen LogP contribution in [0.5, 0.6) is 5.75 Å². The quantitative estimate of drug-likeness (QED) is 0.570. The maximum Gasteiger partial charge on any atom is 0.189 e. The molecular weight excluding hydrogens is 314 g/mol. The Kier molecular flexibility index (Phi) is 4.01. The third kappa shape index (κ3) is 3.28. The fourth-order valence-electron chi connectivity index (χ4n) is 3.11. The van der Waals surface area contributed by atoms with Crippen LogP contribution < -0.4 is 15.8 Å². The number of nitrogens with two attached hydrogens (primary N) is 1. The third-order valence-electron chi connectivity index (χ3n) is 4.34. The fourth-order valence-corrected chi connectivity index (χ4v) is 3.11. The number of rotatable bonds is 3. The first-order valence-electron chi connectivity index (χ1n) is 8.41. The molecule has 6 nitrogen and oxygen atoms in total. The smallest absolute Gasteiger partial charge is 0.189 e. The van der Waals surface area contributed by atoms with Gasteiger partial charge in [0, 0.05) is 24.4 Å². The SMILES string of the molecule is Cc1ccc2nc(CN=C(N)NC3CCOc4ccccc43)cn2c1. The zero-order valence-corrected chi connectivity index (χ0v) is 14.1. The molecule has 0 spiro atoms. The lowest BCUT2D eigenvalue weighted by molar-refractivity contribution is 0.262. The molecule has 1 unspecified atom stereocenters. The normalized spacial score (nSPS) is 17.2. The van der Waals surface area contributed by atoms with E-state index in [0.717, 1.165) is 29.1 Å². The van der Waals surface area contributed by atoms with E-state index in [0.29, 0.717) is 19.1 Å². The first-order chi connectivity index (χ1) is 12.2. The number of nitrogens with zero attached hydrogens (tertiary/aromatic N) is 3. The summed E-state index contributed by atoms with van der Waals surface area (Å²) in [5, 5.41) is 3.30. The summed E-state index contributed by atoms with van der Waals surface area (Å²) in [6.45, 7) is 3.18. The molecule has 0 saturated heterocycles. The minimum absolute atomic E-state index is 0.123. The summed E-state index contributed by atoms with van der Waals surface area (Å²) in [5.41, 5.74) is 10.2. The Morgan fingerprint density at radius 1 is 1.32 bits per heavy atom. The highest BCUT2D eigenvalue weighted by Gasteiger charge is 2.21. The number of hydrogen-bond acceptors (Lipinski definition) is 3. The van der Waals surface area contributed by atoms with E-state index in [1.165, 1.54) is 5.56 Å². The molecule has 1 atom stereocenters. The summed E-state index contributed by atoms with van der Waals surface area (Å²) < 4.78 is 7.69. The Bertz CT molecular complexity index is 930. The number of imidazole rings is 1. The van der Waals surface area contributed by atoms with E-state index in [9.17, 15) is 0 Å². The van der Waals surface area contributed by atoms with Gasteiger partial charge in [0.15, 0.2) is 5.96 Å². The van der Waals surface area contributed by atoms with E-state index < -0.39 is 0 Å². The number of guanidine groups is 1. The van der Waals surface area contributed by atoms with Gasteiger partial charge in [-0.05, 0) is 24.6 Å². The zero-order chi connectivity index (χ0) is 17.2. The van der Waals surface area contributed by atoms with Crippen LogP contribution in [0.3, 0.4) is 0 Å². The molecule has 0 amide bonds. The Hall–Kier alpha value is -3.02. The first-order valence-corrected chi connectivity index (χ1v) is 8.41. The number of aryl methyl sites for hydroxylation is 1. The van der Waals surface area contributed by atoms with Crippen molar-refractivity contribution in [2.24, 2.45) is 10.7 Å². The van der Waals surface area contributed by atoms with Gasteiger partial charge in [0.1, 0.15) is 11.4 Å². The van der Waals surface area contributed by atoms with E-state index in [2.05, 4.69) is 34.5 Å². The minimum atomic E-state index is 0.123. The van der Waals surface area contributed by atoms with E-state index >= 15 is 0 Å². The van der Waals surface area contributed by atoms with Crippen LogP contribution in [0.1, 0.15) is 29.3 Å². The molecule has 2 aromatic heterocycles. The van der Waals surface area contributed by atoms with Crippen LogP contribution in [0.15, 0.2) is 53.8 Å². The lowest BCUT2D eigenvalue weighted by atomic mass is 10.0. The highest BCUT2D eigenvalue weighted by molar-refractivity contribution is 5.78. The number of aliphatic imine (C=N–C) groups is 1. The maximum absolute atomic E-state index is 6.09. The monoisotopic (exact) mass is 335 g/mol. The molecule has 3 aromatic rings. The average Bonchev–Trinajstić information content (AvgIpc) is 3.02. The lowest BCUT2D eigenvalue weighted by Gasteiger charge is -2.26. The second-order valence-electron chi connectivity index (χ2n) is 6.28. The van der Waals surface area contributed by atoms with Gasteiger partial charge in [0.25, 0.3) is 0 Å². The Labute approximate surface area is 146 Å². The second-order valence-corrected chi connectivity index (χ2v) is 6.28. The van der Waals surface area contributed by atoms with Gasteiger partial charge in [-0.25, -0.2) is 9.98 Å². The van der Waals surface area contributed by atoms with Crippen LogP contribution in [-0.2, 0) is 6.54 Å². The molecule has 1 aromatic carbocycles. The van der Waals surface area contributed by atoms with Crippen molar-refractivity contribution in [2.75, 3.05) is 6.61 Å². The number of ether oxygens (including phenoxy) is 1. The molecule has 0 radical (unpaired) electrons. The van der Waals surface area contributed by atoms with Gasteiger partial charge in [-0.2, -0.15) is 0 Å². The molecule has 1 aliphatic heterocycles. The number of aromatic nitrogens is 2. The zero-order valence-electron chi connectivity index (χ0n) is 14.1. The van der Waals surface area contributed by atoms with Gasteiger partial charge >= 0.3 is 0 Å². The van der Waals surface area contributed by atoms with E-state index in [4.69, 9.17) is 10.5 Å². The van der Waals surface area contributed by atoms with E-state index in [-0.39, 0.29) is 6.04 Å². The molecule has 3 heterocycles. The van der Waals surface area contributed by atoms with Crippen molar-refractivity contribution in [3.8, 4) is 5.75 Å². The van der Waals surface area contributed by atoms with Crippen LogP contribution in [-0.4, -0.2) is 22.0 Å². The van der Waals surface area contributed by atoms with Crippen molar-refractivity contribution in [3.05, 3.63) is 65.6 Å². The molecular formula is C19H21N5O. The van der Waals surface area contributed by atoms with Crippen molar-refractivity contribution in [3.63, 3.8) is 0 Å². The van der Waals surface area contributed by atoms with E-state index in [1.54, 1.807) is 0 Å². The van der Waals surface area contributed by atoms with Crippen molar-refractivity contribution in [1.82, 2.24) is 14.7 Å². The van der Waals surface area contributed by atoms with Gasteiger partial charge in [-0.3, -0.25) is 0 Å². The second kappa shape index (κ2) is 6.47. The summed E-state index contributed by atoms with van der Waals surface area (Å²) in [7, 11) is 0. The summed E-state index contributed by atoms with van der Waals surface area (Å²) >= 11 is 0. The van der Waals surface area contributed by atoms with Gasteiger partial charge in [0.05, 0.1) is 24.9 Å². The third-order valence-corrected chi connectivity index (χ3v) is 4.34. The molecule has 128 valence electrons. The van der Waals surface area contributed by atoms with Crippen LogP contribution in [0.2, 0.25) is 0 Å². The number of benzene rings is 1. The maximum atomic E-state index is 6.09. The van der Waals surface area contributed by atoms with Crippen molar-refractivity contribution >= 4 is 11.6 Å². The van der Waals surface area contributed by atoms with Crippen molar-refractivity contribution < 1.29 is 4.74 Å². The van der Waals surface area contributed by atoms with Crippen LogP contribution in [0.25, 0.3) is 5.65 Å². The summed E-state index contributed by atoms with van der Waals surface area (Å²) in [6.07, 6.45) is 4.90. The summed E-state index contributed by atoms with van der Waals surface area (Å²) in [5.74, 6) is 1.34. The van der Waals surface area contributed by atoms with Crippen LogP contribution >= 0.6 is 0 Å². The Morgan fingerprint density at radius 2 is 2.20 bits per heavy atom. The Morgan fingerprint density at radius 3 is 3.12 bits per heavy atom. The number of para-hydroxylation sites is 1. The molecule has 0 saturated carbocycles. The number of nitrogens with one attached hydrogen (secondary N) is 1. The fraction of sp³-hybridized carbons (Fsp3) is 0.263. The topological polar surface area (TPSA) is 76.9 Å². The molecule has 0 bridgehead atoms. The summed E-state index contributed by atoms with van der Waals surface area (Å²) in [6, 6.07) is 12.2. The predicted octanol–water partition coefficient (Wildman–Crippen LogP) is 2.57. The number of pyridine rings is 1. The summed E-state index contributed by atoms with van der Waals surface area (Å²) in [4.78, 5) is 9.01. The molecule has 6 heteroatoms. The van der Waals surface area contributed by atoms with Crippen LogP contribution in [0.4, 0.5) is 0 Å². The highest BCUT2D eigenvalue weighted by atomic mass is 16.5. The highest BCUT2D eigenvalue weighted by Crippen LogP contribution is 2.31. The molecule has 3 N–H and O–H groups in total. The largest absolute Gasteiger partial charge is 0.493 e. The van der Waals surface area contributed by atoms with Gasteiger partial charge < -0.3 is 20.2 Å². The van der Waals surface area contributed by atoms with Crippen molar-refractivity contribution in [1.29, 1.82) is 0 Å². The lowest BCUT2D eigenvalue weighted by Crippen LogP contribution is -2.37. The Balaban J connectivity index is 1.46. The van der Waals surface area contributed by atoms with Gasteiger partial charge in [-0.15, -0.1) is 0 Å². The van der Waals surface area contributed by atoms with E-state index in [1.807, 2.05) is 40.9 Å².